The van der Waals surface area contributed by atoms with Crippen LogP contribution in [0.3, 0.4) is 0 Å². The van der Waals surface area contributed by atoms with Crippen LogP contribution in [0.2, 0.25) is 0 Å². The Morgan fingerprint density at radius 1 is 1.70 bits per heavy atom. The molecule has 10 heavy (non-hydrogen) atoms. The second kappa shape index (κ2) is 1.83. The van der Waals surface area contributed by atoms with Gasteiger partial charge in [0.25, 0.3) is 0 Å². The minimum atomic E-state index is -0.000602. The van der Waals surface area contributed by atoms with Gasteiger partial charge >= 0.3 is 0 Å². The summed E-state index contributed by atoms with van der Waals surface area (Å²) in [5, 5.41) is 0. The Bertz CT molecular complexity index is 200. The highest BCUT2D eigenvalue weighted by molar-refractivity contribution is 5.82. The van der Waals surface area contributed by atoms with E-state index in [1.165, 1.54) is 0 Å². The third kappa shape index (κ3) is 0.609. The Morgan fingerprint density at radius 3 is 3.00 bits per heavy atom. The molecule has 0 spiro atoms. The lowest BCUT2D eigenvalue weighted by Crippen LogP contribution is -2.32. The summed E-state index contributed by atoms with van der Waals surface area (Å²) in [7, 11) is 0. The zero-order valence-corrected chi connectivity index (χ0v) is 5.58. The molecule has 2 rings (SSSR count). The van der Waals surface area contributed by atoms with Crippen molar-refractivity contribution in [2.75, 3.05) is 0 Å². The molecule has 3 atom stereocenters. The number of hydrazine groups is 1. The molecule has 0 aliphatic heterocycles. The van der Waals surface area contributed by atoms with Crippen molar-refractivity contribution in [2.45, 2.75) is 6.42 Å². The fourth-order valence-electron chi connectivity index (χ4n) is 1.82. The van der Waals surface area contributed by atoms with E-state index in [4.69, 9.17) is 5.84 Å². The molecule has 0 radical (unpaired) electrons. The van der Waals surface area contributed by atoms with Crippen LogP contribution in [0.1, 0.15) is 6.42 Å². The number of carbonyl (C=O) groups excluding carboxylic acids is 1. The molecule has 54 valence electrons. The number of nitrogens with one attached hydrogen (secondary N) is 1. The molecule has 1 fully saturated rings. The van der Waals surface area contributed by atoms with Gasteiger partial charge in [-0.25, -0.2) is 5.84 Å². The van der Waals surface area contributed by atoms with Crippen molar-refractivity contribution < 1.29 is 4.79 Å². The third-order valence-electron chi connectivity index (χ3n) is 2.44. The first kappa shape index (κ1) is 5.92. The van der Waals surface area contributed by atoms with Gasteiger partial charge in [-0.1, -0.05) is 12.2 Å². The van der Waals surface area contributed by atoms with Crippen molar-refractivity contribution in [1.29, 1.82) is 0 Å². The monoisotopic (exact) mass is 138 g/mol. The van der Waals surface area contributed by atoms with E-state index in [1.807, 2.05) is 0 Å². The maximum atomic E-state index is 10.9. The van der Waals surface area contributed by atoms with Crippen molar-refractivity contribution in [1.82, 2.24) is 5.43 Å². The van der Waals surface area contributed by atoms with E-state index in [0.29, 0.717) is 11.8 Å². The van der Waals surface area contributed by atoms with E-state index in [2.05, 4.69) is 17.6 Å². The number of allylic oxidation sites excluding steroid dienone is 2. The number of carbonyl (C=O) groups is 1. The highest BCUT2D eigenvalue weighted by Crippen LogP contribution is 2.53. The predicted molar refractivity (Wildman–Crippen MR) is 36.6 cm³/mol. The van der Waals surface area contributed by atoms with Gasteiger partial charge in [-0.05, 0) is 18.3 Å². The van der Waals surface area contributed by atoms with Crippen LogP contribution in [0.4, 0.5) is 0 Å². The molecule has 0 saturated heterocycles. The summed E-state index contributed by atoms with van der Waals surface area (Å²) in [6.07, 6.45) is 5.31. The molecule has 0 aromatic rings. The van der Waals surface area contributed by atoms with E-state index in [1.54, 1.807) is 0 Å². The van der Waals surface area contributed by atoms with Crippen LogP contribution in [0.25, 0.3) is 0 Å². The predicted octanol–water partition coefficient (Wildman–Crippen LogP) is -0.202. The molecule has 2 aliphatic carbocycles. The Hall–Kier alpha value is -0.830. The second-order valence-electron chi connectivity index (χ2n) is 2.94. The van der Waals surface area contributed by atoms with Gasteiger partial charge in [0.1, 0.15) is 0 Å². The van der Waals surface area contributed by atoms with E-state index >= 15 is 0 Å². The quantitative estimate of drug-likeness (QED) is 0.228. The molecular formula is C7H10N2O. The molecule has 0 heterocycles. The first-order valence-electron chi connectivity index (χ1n) is 3.51. The van der Waals surface area contributed by atoms with Crippen molar-refractivity contribution in [3.63, 3.8) is 0 Å². The first-order chi connectivity index (χ1) is 4.84. The summed E-state index contributed by atoms with van der Waals surface area (Å²) in [5.74, 6) is 6.26. The fourth-order valence-corrected chi connectivity index (χ4v) is 1.82. The van der Waals surface area contributed by atoms with Crippen LogP contribution in [-0.2, 0) is 4.79 Å². The Morgan fingerprint density at radius 2 is 2.50 bits per heavy atom. The summed E-state index contributed by atoms with van der Waals surface area (Å²) < 4.78 is 0. The first-order valence-corrected chi connectivity index (χ1v) is 3.51. The van der Waals surface area contributed by atoms with Crippen molar-refractivity contribution in [2.24, 2.45) is 23.6 Å². The van der Waals surface area contributed by atoms with Gasteiger partial charge in [-0.2, -0.15) is 0 Å². The van der Waals surface area contributed by atoms with Gasteiger partial charge in [-0.15, -0.1) is 0 Å². The minimum absolute atomic E-state index is 0.000602. The number of nitrogens with two attached hydrogens (primary N) is 1. The average molecular weight is 138 g/mol. The Labute approximate surface area is 59.2 Å². The van der Waals surface area contributed by atoms with Crippen LogP contribution in [-0.4, -0.2) is 5.91 Å². The molecule has 1 amide bonds. The maximum absolute atomic E-state index is 10.9. The van der Waals surface area contributed by atoms with E-state index in [9.17, 15) is 4.79 Å². The summed E-state index contributed by atoms with van der Waals surface area (Å²) >= 11 is 0. The fraction of sp³-hybridized carbons (Fsp3) is 0.571. The molecule has 3 N–H and O–H groups in total. The molecule has 1 saturated carbocycles. The topological polar surface area (TPSA) is 55.1 Å². The highest BCUT2D eigenvalue weighted by Gasteiger charge is 2.54. The smallest absolute Gasteiger partial charge is 0.237 e. The standard InChI is InChI=1S/C7H10N2O/c8-9-7(10)6-4-2-1-3-5(4)6/h1-2,4-6H,3,8H2,(H,9,10). The van der Waals surface area contributed by atoms with Gasteiger partial charge < -0.3 is 0 Å². The second-order valence-corrected chi connectivity index (χ2v) is 2.94. The minimum Gasteiger partial charge on any atom is -0.294 e. The zero-order valence-electron chi connectivity index (χ0n) is 5.58. The lowest BCUT2D eigenvalue weighted by molar-refractivity contribution is -0.122. The van der Waals surface area contributed by atoms with E-state index < -0.39 is 0 Å². The van der Waals surface area contributed by atoms with Crippen LogP contribution in [0, 0.1) is 17.8 Å². The zero-order chi connectivity index (χ0) is 7.14. The van der Waals surface area contributed by atoms with Gasteiger partial charge in [0.05, 0.1) is 0 Å². The van der Waals surface area contributed by atoms with Gasteiger partial charge in [-0.3, -0.25) is 10.2 Å². The number of amides is 1. The van der Waals surface area contributed by atoms with E-state index in [0.717, 1.165) is 6.42 Å². The summed E-state index contributed by atoms with van der Waals surface area (Å²) in [5.41, 5.74) is 2.18. The Kier molecular flexibility index (Phi) is 1.08. The highest BCUT2D eigenvalue weighted by atomic mass is 16.2. The van der Waals surface area contributed by atoms with Crippen molar-refractivity contribution >= 4 is 5.91 Å². The van der Waals surface area contributed by atoms with Crippen LogP contribution in [0.15, 0.2) is 12.2 Å². The molecule has 3 unspecified atom stereocenters. The molecule has 2 aliphatic rings. The van der Waals surface area contributed by atoms with Crippen LogP contribution in [0.5, 0.6) is 0 Å². The Balaban J connectivity index is 2.01. The van der Waals surface area contributed by atoms with Crippen molar-refractivity contribution in [3.05, 3.63) is 12.2 Å². The van der Waals surface area contributed by atoms with Crippen molar-refractivity contribution in [3.8, 4) is 0 Å². The van der Waals surface area contributed by atoms with E-state index in [-0.39, 0.29) is 11.8 Å². The number of rotatable bonds is 1. The van der Waals surface area contributed by atoms with Gasteiger partial charge in [0.2, 0.25) is 5.91 Å². The third-order valence-corrected chi connectivity index (χ3v) is 2.44. The lowest BCUT2D eigenvalue weighted by Gasteiger charge is -1.96. The molecule has 0 aromatic carbocycles. The van der Waals surface area contributed by atoms with Gasteiger partial charge in [0, 0.05) is 5.92 Å². The molecule has 0 aromatic heterocycles. The summed E-state index contributed by atoms with van der Waals surface area (Å²) in [6.45, 7) is 0. The molecule has 0 bridgehead atoms. The largest absolute Gasteiger partial charge is 0.294 e. The molecular weight excluding hydrogens is 128 g/mol. The summed E-state index contributed by atoms with van der Waals surface area (Å²) in [4.78, 5) is 10.9. The summed E-state index contributed by atoms with van der Waals surface area (Å²) in [6, 6.07) is 0. The van der Waals surface area contributed by atoms with Crippen LogP contribution < -0.4 is 11.3 Å². The number of hydrogen-bond donors (Lipinski definition) is 2. The average Bonchev–Trinajstić information content (AvgIpc) is 2.43. The number of hydrogen-bond acceptors (Lipinski definition) is 2. The van der Waals surface area contributed by atoms with Crippen LogP contribution >= 0.6 is 0 Å². The molecule has 3 heteroatoms. The normalized spacial score (nSPS) is 41.1. The number of fused-ring (bicyclic) bond motifs is 1. The SMILES string of the molecule is NNC(=O)C1C2C=CCC21. The molecule has 3 nitrogen and oxygen atoms in total. The lowest BCUT2D eigenvalue weighted by atomic mass is 10.2. The maximum Gasteiger partial charge on any atom is 0.237 e. The van der Waals surface area contributed by atoms with Gasteiger partial charge in [0.15, 0.2) is 0 Å².